The maximum atomic E-state index is 14.6. The van der Waals surface area contributed by atoms with Crippen molar-refractivity contribution in [3.05, 3.63) is 59.0 Å². The Hall–Kier alpha value is -2.42. The zero-order valence-electron chi connectivity index (χ0n) is 16.7. The zero-order chi connectivity index (χ0) is 21.4. The molecule has 0 fully saturated rings. The van der Waals surface area contributed by atoms with Crippen molar-refractivity contribution in [2.75, 3.05) is 37.4 Å². The van der Waals surface area contributed by atoms with Gasteiger partial charge in [0.25, 0.3) is 0 Å². The molecular formula is C20H26ClFN6S. The van der Waals surface area contributed by atoms with Crippen LogP contribution in [-0.4, -0.2) is 33.0 Å². The maximum Gasteiger partial charge on any atom is 0.140 e. The molecular weight excluding hydrogens is 411 g/mol. The van der Waals surface area contributed by atoms with Gasteiger partial charge in [0.2, 0.25) is 0 Å². The Labute approximate surface area is 180 Å². The molecule has 0 aliphatic carbocycles. The van der Waals surface area contributed by atoms with Crippen molar-refractivity contribution in [1.82, 2.24) is 5.32 Å². The second-order valence-corrected chi connectivity index (χ2v) is 7.64. The normalized spacial score (nSPS) is 12.2. The molecule has 0 saturated heterocycles. The summed E-state index contributed by atoms with van der Waals surface area (Å²) < 4.78 is 18.6. The van der Waals surface area contributed by atoms with Crippen LogP contribution in [0.2, 0.25) is 5.02 Å². The van der Waals surface area contributed by atoms with Crippen molar-refractivity contribution in [3.63, 3.8) is 0 Å². The number of allylic oxidation sites excluding steroid dienone is 1. The number of nitrogens with two attached hydrogens (primary N) is 2. The lowest BCUT2D eigenvalue weighted by Gasteiger charge is -2.23. The molecule has 0 radical (unpaired) electrons. The molecule has 6 N–H and O–H groups in total. The number of benzene rings is 2. The highest BCUT2D eigenvalue weighted by molar-refractivity contribution is 7.98. The number of amidine groups is 1. The molecule has 2 aromatic carbocycles. The first-order chi connectivity index (χ1) is 13.8. The molecule has 0 amide bonds. The van der Waals surface area contributed by atoms with E-state index in [0.29, 0.717) is 16.4 Å². The lowest BCUT2D eigenvalue weighted by atomic mass is 10.2. The molecule has 0 aromatic heterocycles. The third-order valence-electron chi connectivity index (χ3n) is 3.93. The van der Waals surface area contributed by atoms with Crippen LogP contribution in [0, 0.1) is 5.82 Å². The third-order valence-corrected chi connectivity index (χ3v) is 5.05. The minimum atomic E-state index is -0.451. The number of anilines is 3. The molecule has 0 atom stereocenters. The van der Waals surface area contributed by atoms with Crippen molar-refractivity contribution >= 4 is 46.4 Å². The number of rotatable bonds is 9. The van der Waals surface area contributed by atoms with Gasteiger partial charge in [0.15, 0.2) is 0 Å². The average molecular weight is 437 g/mol. The molecule has 0 saturated carbocycles. The van der Waals surface area contributed by atoms with E-state index < -0.39 is 5.82 Å². The predicted molar refractivity (Wildman–Crippen MR) is 124 cm³/mol. The van der Waals surface area contributed by atoms with Crippen LogP contribution in [0.15, 0.2) is 57.5 Å². The Morgan fingerprint density at radius 1 is 1.28 bits per heavy atom. The highest BCUT2D eigenvalue weighted by Gasteiger charge is 2.13. The van der Waals surface area contributed by atoms with Crippen LogP contribution < -0.4 is 27.0 Å². The van der Waals surface area contributed by atoms with Crippen molar-refractivity contribution < 1.29 is 4.39 Å². The summed E-state index contributed by atoms with van der Waals surface area (Å²) in [5.74, 6) is -0.251. The summed E-state index contributed by atoms with van der Waals surface area (Å²) in [5.41, 5.74) is 14.1. The van der Waals surface area contributed by atoms with Gasteiger partial charge in [0.1, 0.15) is 11.7 Å². The molecule has 29 heavy (non-hydrogen) atoms. The van der Waals surface area contributed by atoms with Gasteiger partial charge >= 0.3 is 0 Å². The Bertz CT molecular complexity index is 899. The van der Waals surface area contributed by atoms with Crippen molar-refractivity contribution in [2.45, 2.75) is 11.8 Å². The first-order valence-electron chi connectivity index (χ1n) is 8.97. The highest BCUT2D eigenvalue weighted by atomic mass is 35.5. The molecule has 9 heteroatoms. The fourth-order valence-electron chi connectivity index (χ4n) is 2.51. The van der Waals surface area contributed by atoms with E-state index in [-0.39, 0.29) is 10.7 Å². The first kappa shape index (κ1) is 22.9. The van der Waals surface area contributed by atoms with E-state index >= 15 is 0 Å². The lowest BCUT2D eigenvalue weighted by molar-refractivity contribution is 0.603. The average Bonchev–Trinajstić information content (AvgIpc) is 2.67. The van der Waals surface area contributed by atoms with E-state index in [1.54, 1.807) is 6.92 Å². The van der Waals surface area contributed by atoms with Crippen molar-refractivity contribution in [3.8, 4) is 0 Å². The van der Waals surface area contributed by atoms with Crippen LogP contribution in [0.5, 0.6) is 0 Å². The summed E-state index contributed by atoms with van der Waals surface area (Å²) in [6.07, 6.45) is 1.50. The Morgan fingerprint density at radius 3 is 2.69 bits per heavy atom. The van der Waals surface area contributed by atoms with Gasteiger partial charge in [-0.1, -0.05) is 23.7 Å². The molecule has 2 rings (SSSR count). The summed E-state index contributed by atoms with van der Waals surface area (Å²) in [6, 6.07) is 10.7. The molecule has 0 unspecified atom stereocenters. The van der Waals surface area contributed by atoms with Crippen LogP contribution in [0.1, 0.15) is 6.92 Å². The Morgan fingerprint density at radius 2 is 2.00 bits per heavy atom. The number of likely N-dealkylation sites (N-methyl/N-ethyl adjacent to an activating group) is 2. The first-order valence-corrected chi connectivity index (χ1v) is 10.1. The molecule has 0 aliphatic heterocycles. The summed E-state index contributed by atoms with van der Waals surface area (Å²) in [5, 5.41) is 6.73. The smallest absolute Gasteiger partial charge is 0.140 e. The topological polar surface area (TPSA) is 91.7 Å². The molecule has 0 spiro atoms. The number of para-hydroxylation sites is 2. The molecule has 0 heterocycles. The van der Waals surface area contributed by atoms with Gasteiger partial charge in [-0.25, -0.2) is 4.39 Å². The molecule has 0 bridgehead atoms. The van der Waals surface area contributed by atoms with Crippen LogP contribution in [0.25, 0.3) is 0 Å². The Balaban J connectivity index is 2.23. The zero-order valence-corrected chi connectivity index (χ0v) is 18.2. The maximum absolute atomic E-state index is 14.6. The second-order valence-electron chi connectivity index (χ2n) is 6.43. The van der Waals surface area contributed by atoms with Gasteiger partial charge in [-0.3, -0.25) is 0 Å². The van der Waals surface area contributed by atoms with Crippen LogP contribution >= 0.6 is 23.5 Å². The number of halogens is 2. The summed E-state index contributed by atoms with van der Waals surface area (Å²) >= 11 is 7.29. The number of nitrogens with one attached hydrogen (secondary N) is 2. The minimum Gasteiger partial charge on any atom is -0.402 e. The quantitative estimate of drug-likeness (QED) is 0.268. The largest absolute Gasteiger partial charge is 0.402 e. The van der Waals surface area contributed by atoms with Gasteiger partial charge in [-0.2, -0.15) is 4.40 Å². The molecule has 0 aliphatic rings. The SMILES string of the molecule is CNCCN(C)c1ccccc1Nc1cc(F)c(SN=C(N)/C=C(/C)N)cc1Cl. The van der Waals surface area contributed by atoms with E-state index in [9.17, 15) is 4.39 Å². The number of hydrogen-bond acceptors (Lipinski definition) is 6. The second kappa shape index (κ2) is 10.9. The predicted octanol–water partition coefficient (Wildman–Crippen LogP) is 4.11. The fraction of sp³-hybridized carbons (Fsp3) is 0.250. The number of nitrogens with zero attached hydrogens (tertiary/aromatic N) is 2. The summed E-state index contributed by atoms with van der Waals surface area (Å²) in [6.45, 7) is 3.36. The standard InChI is InChI=1S/C20H26ClFN6S/c1-13(23)10-20(24)27-29-19-11-14(21)17(12-15(19)22)26-16-6-4-5-7-18(16)28(3)9-8-25-2/h4-7,10-12,25-26H,8-9,23H2,1-3H3,(H2,24,27)/b13-10-. The molecule has 156 valence electrons. The van der Waals surface area contributed by atoms with E-state index in [4.69, 9.17) is 23.1 Å². The van der Waals surface area contributed by atoms with Crippen molar-refractivity contribution in [1.29, 1.82) is 0 Å². The van der Waals surface area contributed by atoms with E-state index in [0.717, 1.165) is 36.4 Å². The van der Waals surface area contributed by atoms with Crippen LogP contribution in [0.3, 0.4) is 0 Å². The van der Waals surface area contributed by atoms with Gasteiger partial charge < -0.3 is 27.0 Å². The number of hydrogen-bond donors (Lipinski definition) is 4. The third kappa shape index (κ3) is 6.85. The van der Waals surface area contributed by atoms with E-state index in [2.05, 4.69) is 19.9 Å². The van der Waals surface area contributed by atoms with Crippen LogP contribution in [-0.2, 0) is 0 Å². The van der Waals surface area contributed by atoms with E-state index in [1.165, 1.54) is 18.2 Å². The highest BCUT2D eigenvalue weighted by Crippen LogP contribution is 2.35. The fourth-order valence-corrected chi connectivity index (χ4v) is 3.36. The summed E-state index contributed by atoms with van der Waals surface area (Å²) in [4.78, 5) is 2.38. The molecule has 6 nitrogen and oxygen atoms in total. The van der Waals surface area contributed by atoms with Crippen molar-refractivity contribution in [2.24, 2.45) is 15.9 Å². The van der Waals surface area contributed by atoms with E-state index in [1.807, 2.05) is 38.4 Å². The Kier molecular flexibility index (Phi) is 8.63. The monoisotopic (exact) mass is 436 g/mol. The van der Waals surface area contributed by atoms with Gasteiger partial charge in [0.05, 0.1) is 27.0 Å². The lowest BCUT2D eigenvalue weighted by Crippen LogP contribution is -2.27. The summed E-state index contributed by atoms with van der Waals surface area (Å²) in [7, 11) is 3.91. The van der Waals surface area contributed by atoms with Crippen LogP contribution in [0.4, 0.5) is 21.5 Å². The minimum absolute atomic E-state index is 0.200. The van der Waals surface area contributed by atoms with Gasteiger partial charge in [-0.15, -0.1) is 0 Å². The van der Waals surface area contributed by atoms with Gasteiger partial charge in [0, 0.05) is 43.8 Å². The van der Waals surface area contributed by atoms with Gasteiger partial charge in [-0.05, 0) is 38.2 Å². The molecule has 2 aromatic rings.